The molecule has 25 heavy (non-hydrogen) atoms. The second-order valence-corrected chi connectivity index (χ2v) is 6.25. The molecule has 0 bridgehead atoms. The van der Waals surface area contributed by atoms with Gasteiger partial charge in [-0.2, -0.15) is 0 Å². The lowest BCUT2D eigenvalue weighted by Crippen LogP contribution is -2.03. The van der Waals surface area contributed by atoms with E-state index in [1.165, 1.54) is 16.7 Å². The van der Waals surface area contributed by atoms with Crippen molar-refractivity contribution in [2.45, 2.75) is 25.7 Å². The molecule has 0 saturated heterocycles. The van der Waals surface area contributed by atoms with Gasteiger partial charge in [-0.05, 0) is 54.0 Å². The topological polar surface area (TPSA) is 37.3 Å². The van der Waals surface area contributed by atoms with E-state index >= 15 is 0 Å². The second-order valence-electron chi connectivity index (χ2n) is 6.25. The van der Waals surface area contributed by atoms with Crippen LogP contribution >= 0.6 is 0 Å². The van der Waals surface area contributed by atoms with Gasteiger partial charge in [-0.3, -0.25) is 0 Å². The van der Waals surface area contributed by atoms with Crippen molar-refractivity contribution in [1.29, 1.82) is 0 Å². The molecule has 0 saturated carbocycles. The first kappa shape index (κ1) is 17.0. The maximum Gasteiger partial charge on any atom is 0.335 e. The maximum atomic E-state index is 11.3. The molecule has 2 heteroatoms. The molecule has 1 N–H and O–H groups in total. The third kappa shape index (κ3) is 4.57. The molecule has 0 radical (unpaired) electrons. The van der Waals surface area contributed by atoms with Crippen molar-refractivity contribution in [2.75, 3.05) is 0 Å². The summed E-state index contributed by atoms with van der Waals surface area (Å²) in [4.78, 5) is 11.3. The number of rotatable bonds is 7. The average Bonchev–Trinajstić information content (AvgIpc) is 2.64. The first-order valence-electron chi connectivity index (χ1n) is 8.66. The number of carboxylic acids is 1. The third-order valence-corrected chi connectivity index (χ3v) is 4.50. The zero-order valence-corrected chi connectivity index (χ0v) is 14.2. The smallest absolute Gasteiger partial charge is 0.335 e. The molecule has 126 valence electrons. The molecule has 0 aliphatic carbocycles. The van der Waals surface area contributed by atoms with Gasteiger partial charge in [0.15, 0.2) is 0 Å². The van der Waals surface area contributed by atoms with E-state index in [2.05, 4.69) is 48.5 Å². The van der Waals surface area contributed by atoms with Gasteiger partial charge in [0, 0.05) is 0 Å². The minimum atomic E-state index is -0.847. The SMILES string of the molecule is O=C(O)c1ccccc1CCCc1ccccc1Cc1ccccc1. The largest absolute Gasteiger partial charge is 0.478 e. The van der Waals surface area contributed by atoms with Gasteiger partial charge < -0.3 is 5.11 Å². The van der Waals surface area contributed by atoms with E-state index in [-0.39, 0.29) is 0 Å². The van der Waals surface area contributed by atoms with E-state index in [1.54, 1.807) is 12.1 Å². The normalized spacial score (nSPS) is 10.6. The van der Waals surface area contributed by atoms with Gasteiger partial charge in [0.25, 0.3) is 0 Å². The summed E-state index contributed by atoms with van der Waals surface area (Å²) >= 11 is 0. The minimum absolute atomic E-state index is 0.417. The van der Waals surface area contributed by atoms with Crippen molar-refractivity contribution < 1.29 is 9.90 Å². The van der Waals surface area contributed by atoms with Gasteiger partial charge in [0.05, 0.1) is 5.56 Å². The summed E-state index contributed by atoms with van der Waals surface area (Å²) in [7, 11) is 0. The molecule has 0 atom stereocenters. The number of hydrogen-bond donors (Lipinski definition) is 1. The Bertz CT molecular complexity index is 837. The van der Waals surface area contributed by atoms with Gasteiger partial charge in [0.1, 0.15) is 0 Å². The summed E-state index contributed by atoms with van der Waals surface area (Å²) in [6.45, 7) is 0. The zero-order chi connectivity index (χ0) is 17.5. The highest BCUT2D eigenvalue weighted by Crippen LogP contribution is 2.18. The minimum Gasteiger partial charge on any atom is -0.478 e. The maximum absolute atomic E-state index is 11.3. The lowest BCUT2D eigenvalue weighted by molar-refractivity contribution is 0.0695. The summed E-state index contributed by atoms with van der Waals surface area (Å²) in [5, 5.41) is 9.29. The highest BCUT2D eigenvalue weighted by Gasteiger charge is 2.09. The van der Waals surface area contributed by atoms with Crippen molar-refractivity contribution in [3.8, 4) is 0 Å². The van der Waals surface area contributed by atoms with Crippen LogP contribution < -0.4 is 0 Å². The molecule has 0 unspecified atom stereocenters. The van der Waals surface area contributed by atoms with Gasteiger partial charge >= 0.3 is 5.97 Å². The van der Waals surface area contributed by atoms with Crippen molar-refractivity contribution in [2.24, 2.45) is 0 Å². The van der Waals surface area contributed by atoms with Crippen molar-refractivity contribution in [3.63, 3.8) is 0 Å². The first-order chi connectivity index (χ1) is 12.2. The fourth-order valence-electron chi connectivity index (χ4n) is 3.21. The third-order valence-electron chi connectivity index (χ3n) is 4.50. The van der Waals surface area contributed by atoms with Gasteiger partial charge in [-0.15, -0.1) is 0 Å². The van der Waals surface area contributed by atoms with Crippen LogP contribution in [-0.2, 0) is 19.3 Å². The molecule has 0 spiro atoms. The quantitative estimate of drug-likeness (QED) is 0.650. The number of carbonyl (C=O) groups is 1. The molecule has 2 nitrogen and oxygen atoms in total. The standard InChI is InChI=1S/C23H22O2/c24-23(25)22-16-7-6-12-20(22)15-8-14-19-11-4-5-13-21(19)17-18-9-2-1-3-10-18/h1-7,9-13,16H,8,14-15,17H2,(H,24,25). The molecule has 3 aromatic carbocycles. The Morgan fingerprint density at radius 3 is 1.96 bits per heavy atom. The summed E-state index contributed by atoms with van der Waals surface area (Å²) < 4.78 is 0. The van der Waals surface area contributed by atoms with Crippen LogP contribution in [-0.4, -0.2) is 11.1 Å². The molecular weight excluding hydrogens is 308 g/mol. The second kappa shape index (κ2) is 8.29. The number of aromatic carboxylic acids is 1. The number of benzene rings is 3. The lowest BCUT2D eigenvalue weighted by Gasteiger charge is -2.11. The summed E-state index contributed by atoms with van der Waals surface area (Å²) in [5.74, 6) is -0.847. The Labute approximate surface area is 148 Å². The lowest BCUT2D eigenvalue weighted by atomic mass is 9.94. The molecule has 3 rings (SSSR count). The Balaban J connectivity index is 1.67. The Morgan fingerprint density at radius 1 is 0.680 bits per heavy atom. The molecule has 0 aliphatic heterocycles. The van der Waals surface area contributed by atoms with Crippen LogP contribution in [0, 0.1) is 0 Å². The average molecular weight is 330 g/mol. The number of hydrogen-bond acceptors (Lipinski definition) is 1. The van der Waals surface area contributed by atoms with Crippen LogP contribution in [0.15, 0.2) is 78.9 Å². The number of aryl methyl sites for hydroxylation is 2. The molecule has 0 amide bonds. The monoisotopic (exact) mass is 330 g/mol. The summed E-state index contributed by atoms with van der Waals surface area (Å²) in [6, 6.07) is 26.3. The van der Waals surface area contributed by atoms with Crippen molar-refractivity contribution in [3.05, 3.63) is 107 Å². The van der Waals surface area contributed by atoms with Crippen molar-refractivity contribution in [1.82, 2.24) is 0 Å². The van der Waals surface area contributed by atoms with Crippen LogP contribution in [0.1, 0.15) is 39.0 Å². The first-order valence-corrected chi connectivity index (χ1v) is 8.66. The van der Waals surface area contributed by atoms with Crippen LogP contribution in [0.2, 0.25) is 0 Å². The van der Waals surface area contributed by atoms with Crippen molar-refractivity contribution >= 4 is 5.97 Å². The van der Waals surface area contributed by atoms with E-state index in [9.17, 15) is 9.90 Å². The molecule has 0 aromatic heterocycles. The van der Waals surface area contributed by atoms with Gasteiger partial charge in [0.2, 0.25) is 0 Å². The van der Waals surface area contributed by atoms with Crippen LogP contribution in [0.25, 0.3) is 0 Å². The van der Waals surface area contributed by atoms with E-state index in [1.807, 2.05) is 18.2 Å². The molecule has 0 heterocycles. The van der Waals surface area contributed by atoms with Gasteiger partial charge in [-0.1, -0.05) is 72.8 Å². The molecule has 0 aliphatic rings. The highest BCUT2D eigenvalue weighted by molar-refractivity contribution is 5.89. The fraction of sp³-hybridized carbons (Fsp3) is 0.174. The summed E-state index contributed by atoms with van der Waals surface area (Å²) in [5.41, 5.74) is 5.33. The zero-order valence-electron chi connectivity index (χ0n) is 14.2. The van der Waals surface area contributed by atoms with E-state index < -0.39 is 5.97 Å². The highest BCUT2D eigenvalue weighted by atomic mass is 16.4. The van der Waals surface area contributed by atoms with Crippen LogP contribution in [0.4, 0.5) is 0 Å². The fourth-order valence-corrected chi connectivity index (χ4v) is 3.21. The van der Waals surface area contributed by atoms with Gasteiger partial charge in [-0.25, -0.2) is 4.79 Å². The Kier molecular flexibility index (Phi) is 5.63. The van der Waals surface area contributed by atoms with E-state index in [4.69, 9.17) is 0 Å². The van der Waals surface area contributed by atoms with E-state index in [0.717, 1.165) is 31.2 Å². The molecule has 0 fully saturated rings. The molecule has 3 aromatic rings. The summed E-state index contributed by atoms with van der Waals surface area (Å²) in [6.07, 6.45) is 3.61. The Morgan fingerprint density at radius 2 is 1.24 bits per heavy atom. The molecular formula is C23H22O2. The Hall–Kier alpha value is -2.87. The van der Waals surface area contributed by atoms with Crippen LogP contribution in [0.3, 0.4) is 0 Å². The number of carboxylic acid groups (broad SMARTS) is 1. The predicted octanol–water partition coefficient (Wildman–Crippen LogP) is 5.15. The predicted molar refractivity (Wildman–Crippen MR) is 101 cm³/mol. The van der Waals surface area contributed by atoms with Crippen LogP contribution in [0.5, 0.6) is 0 Å². The van der Waals surface area contributed by atoms with E-state index in [0.29, 0.717) is 5.56 Å².